The number of sulfone groups is 1. The molecule has 1 aromatic rings. The Morgan fingerprint density at radius 3 is 2.70 bits per heavy atom. The molecule has 1 amide bonds. The largest absolute Gasteiger partial charge is 0.496 e. The number of aryl methyl sites for hydroxylation is 1. The molecular weight excluding hydrogens is 314 g/mol. The summed E-state index contributed by atoms with van der Waals surface area (Å²) in [5.41, 5.74) is 1.57. The summed E-state index contributed by atoms with van der Waals surface area (Å²) >= 11 is 0. The first-order valence-corrected chi connectivity index (χ1v) is 9.82. The number of hydrogen-bond acceptors (Lipinski definition) is 4. The highest BCUT2D eigenvalue weighted by Crippen LogP contribution is 2.49. The molecule has 0 spiro atoms. The summed E-state index contributed by atoms with van der Waals surface area (Å²) in [6, 6.07) is 5.91. The van der Waals surface area contributed by atoms with Gasteiger partial charge in [-0.2, -0.15) is 0 Å². The topological polar surface area (TPSA) is 72.5 Å². The van der Waals surface area contributed by atoms with E-state index in [0.717, 1.165) is 29.7 Å². The van der Waals surface area contributed by atoms with E-state index in [0.29, 0.717) is 13.0 Å². The van der Waals surface area contributed by atoms with Crippen LogP contribution in [0.2, 0.25) is 0 Å². The van der Waals surface area contributed by atoms with Crippen molar-refractivity contribution in [2.75, 3.05) is 25.2 Å². The fourth-order valence-corrected chi connectivity index (χ4v) is 5.19. The molecule has 2 fully saturated rings. The second-order valence-corrected chi connectivity index (χ2v) is 8.97. The number of hydrogen-bond donors (Lipinski definition) is 1. The van der Waals surface area contributed by atoms with Crippen molar-refractivity contribution < 1.29 is 17.9 Å². The highest BCUT2D eigenvalue weighted by Gasteiger charge is 2.51. The molecule has 6 heteroatoms. The summed E-state index contributed by atoms with van der Waals surface area (Å²) in [6.45, 7) is 2.42. The normalized spacial score (nSPS) is 24.2. The van der Waals surface area contributed by atoms with Crippen molar-refractivity contribution in [1.29, 1.82) is 0 Å². The van der Waals surface area contributed by atoms with Gasteiger partial charge in [-0.25, -0.2) is 8.42 Å². The summed E-state index contributed by atoms with van der Waals surface area (Å²) in [6.07, 6.45) is 2.30. The molecule has 1 saturated carbocycles. The second-order valence-electron chi connectivity index (χ2n) is 6.75. The minimum Gasteiger partial charge on any atom is -0.496 e. The Morgan fingerprint density at radius 2 is 2.13 bits per heavy atom. The molecule has 1 saturated heterocycles. The van der Waals surface area contributed by atoms with Crippen molar-refractivity contribution >= 4 is 15.7 Å². The molecule has 23 heavy (non-hydrogen) atoms. The van der Waals surface area contributed by atoms with Crippen LogP contribution in [0.15, 0.2) is 18.2 Å². The van der Waals surface area contributed by atoms with Crippen molar-refractivity contribution in [3.63, 3.8) is 0 Å². The third-order valence-electron chi connectivity index (χ3n) is 5.02. The van der Waals surface area contributed by atoms with Crippen LogP contribution < -0.4 is 10.1 Å². The van der Waals surface area contributed by atoms with Gasteiger partial charge in [-0.1, -0.05) is 12.1 Å². The number of nitrogens with one attached hydrogen (secondary N) is 1. The summed E-state index contributed by atoms with van der Waals surface area (Å²) in [5, 5.41) is 2.97. The zero-order valence-electron chi connectivity index (χ0n) is 13.6. The highest BCUT2D eigenvalue weighted by atomic mass is 32.2. The Balaban J connectivity index is 1.67. The molecule has 1 atom stereocenters. The Labute approximate surface area is 137 Å². The first-order valence-electron chi connectivity index (χ1n) is 8.00. The number of carbonyl (C=O) groups excluding carboxylic acids is 1. The van der Waals surface area contributed by atoms with E-state index in [-0.39, 0.29) is 23.3 Å². The Morgan fingerprint density at radius 1 is 1.39 bits per heavy atom. The monoisotopic (exact) mass is 337 g/mol. The van der Waals surface area contributed by atoms with E-state index >= 15 is 0 Å². The lowest BCUT2D eigenvalue weighted by molar-refractivity contribution is -0.123. The first-order chi connectivity index (χ1) is 10.9. The maximum absolute atomic E-state index is 12.6. The van der Waals surface area contributed by atoms with E-state index in [1.165, 1.54) is 0 Å². The minimum absolute atomic E-state index is 0.00713. The van der Waals surface area contributed by atoms with Gasteiger partial charge in [-0.15, -0.1) is 0 Å². The number of carbonyl (C=O) groups is 1. The van der Waals surface area contributed by atoms with Crippen LogP contribution >= 0.6 is 0 Å². The van der Waals surface area contributed by atoms with Crippen LogP contribution in [-0.2, 0) is 20.0 Å². The quantitative estimate of drug-likeness (QED) is 0.885. The predicted molar refractivity (Wildman–Crippen MR) is 88.4 cm³/mol. The highest BCUT2D eigenvalue weighted by molar-refractivity contribution is 7.91. The van der Waals surface area contributed by atoms with Crippen molar-refractivity contribution in [3.05, 3.63) is 29.3 Å². The Kier molecular flexibility index (Phi) is 4.12. The van der Waals surface area contributed by atoms with Gasteiger partial charge in [0.2, 0.25) is 5.91 Å². The number of amides is 1. The zero-order valence-corrected chi connectivity index (χ0v) is 14.4. The molecule has 2 aliphatic rings. The Bertz CT molecular complexity index is 722. The lowest BCUT2D eigenvalue weighted by Crippen LogP contribution is -2.38. The summed E-state index contributed by atoms with van der Waals surface area (Å²) in [7, 11) is -1.27. The number of ether oxygens (including phenoxy) is 1. The molecule has 1 heterocycles. The van der Waals surface area contributed by atoms with Gasteiger partial charge in [-0.05, 0) is 49.3 Å². The molecule has 1 unspecified atom stereocenters. The van der Waals surface area contributed by atoms with Crippen molar-refractivity contribution in [1.82, 2.24) is 5.32 Å². The third-order valence-corrected chi connectivity index (χ3v) is 6.86. The molecule has 0 radical (unpaired) electrons. The van der Waals surface area contributed by atoms with E-state index in [9.17, 15) is 13.2 Å². The van der Waals surface area contributed by atoms with Crippen LogP contribution in [0.5, 0.6) is 5.75 Å². The summed E-state index contributed by atoms with van der Waals surface area (Å²) < 4.78 is 28.3. The van der Waals surface area contributed by atoms with Gasteiger partial charge in [0.1, 0.15) is 5.75 Å². The third kappa shape index (κ3) is 3.22. The molecule has 0 aromatic heterocycles. The molecule has 0 bridgehead atoms. The lowest BCUT2D eigenvalue weighted by atomic mass is 9.93. The fourth-order valence-electron chi connectivity index (χ4n) is 3.33. The lowest BCUT2D eigenvalue weighted by Gasteiger charge is -2.18. The number of rotatable bonds is 5. The van der Waals surface area contributed by atoms with E-state index in [1.54, 1.807) is 7.11 Å². The molecule has 1 aliphatic heterocycles. The van der Waals surface area contributed by atoms with Gasteiger partial charge in [0.15, 0.2) is 9.84 Å². The Hall–Kier alpha value is -1.56. The fraction of sp³-hybridized carbons (Fsp3) is 0.588. The minimum atomic E-state index is -2.90. The maximum atomic E-state index is 12.6. The van der Waals surface area contributed by atoms with E-state index in [1.807, 2.05) is 25.1 Å². The molecular formula is C17H23NO4S. The number of methoxy groups -OCH3 is 1. The number of benzene rings is 1. The van der Waals surface area contributed by atoms with Crippen molar-refractivity contribution in [3.8, 4) is 5.75 Å². The van der Waals surface area contributed by atoms with Crippen LogP contribution in [0.4, 0.5) is 0 Å². The van der Waals surface area contributed by atoms with E-state index in [2.05, 4.69) is 5.32 Å². The molecule has 3 rings (SSSR count). The van der Waals surface area contributed by atoms with Crippen LogP contribution in [-0.4, -0.2) is 39.5 Å². The van der Waals surface area contributed by atoms with Gasteiger partial charge < -0.3 is 10.1 Å². The van der Waals surface area contributed by atoms with Crippen molar-refractivity contribution in [2.45, 2.75) is 31.6 Å². The smallest absolute Gasteiger partial charge is 0.230 e. The average Bonchev–Trinajstić information content (AvgIpc) is 3.25. The van der Waals surface area contributed by atoms with Crippen LogP contribution in [0.25, 0.3) is 0 Å². The van der Waals surface area contributed by atoms with Crippen molar-refractivity contribution in [2.24, 2.45) is 5.92 Å². The van der Waals surface area contributed by atoms with E-state index in [4.69, 9.17) is 4.74 Å². The average molecular weight is 337 g/mol. The summed E-state index contributed by atoms with van der Waals surface area (Å²) in [4.78, 5) is 12.6. The van der Waals surface area contributed by atoms with E-state index < -0.39 is 15.3 Å². The molecule has 126 valence electrons. The summed E-state index contributed by atoms with van der Waals surface area (Å²) in [5.74, 6) is 1.29. The first kappa shape index (κ1) is 16.3. The maximum Gasteiger partial charge on any atom is 0.230 e. The molecule has 1 aliphatic carbocycles. The standard InChI is InChI=1S/C17H23NO4S/c1-12-3-4-14(9-15(12)22-2)17(6-7-17)16(19)18-10-13-5-8-23(20,21)11-13/h3-4,9,13H,5-8,10-11H2,1-2H3,(H,18,19). The van der Waals surface area contributed by atoms with Crippen LogP contribution in [0.1, 0.15) is 30.4 Å². The van der Waals surface area contributed by atoms with Crippen LogP contribution in [0.3, 0.4) is 0 Å². The molecule has 1 aromatic carbocycles. The van der Waals surface area contributed by atoms with Gasteiger partial charge in [0, 0.05) is 6.54 Å². The van der Waals surface area contributed by atoms with Gasteiger partial charge >= 0.3 is 0 Å². The predicted octanol–water partition coefficient (Wildman–Crippen LogP) is 1.59. The second kappa shape index (κ2) is 5.82. The zero-order chi connectivity index (χ0) is 16.7. The van der Waals surface area contributed by atoms with Gasteiger partial charge in [0.05, 0.1) is 24.0 Å². The van der Waals surface area contributed by atoms with Gasteiger partial charge in [0.25, 0.3) is 0 Å². The molecule has 1 N–H and O–H groups in total. The molecule has 5 nitrogen and oxygen atoms in total. The van der Waals surface area contributed by atoms with Crippen LogP contribution in [0, 0.1) is 12.8 Å². The van der Waals surface area contributed by atoms with Gasteiger partial charge in [-0.3, -0.25) is 4.79 Å². The SMILES string of the molecule is COc1cc(C2(C(=O)NCC3CCS(=O)(=O)C3)CC2)ccc1C.